The summed E-state index contributed by atoms with van der Waals surface area (Å²) in [7, 11) is 0. The summed E-state index contributed by atoms with van der Waals surface area (Å²) in [6, 6.07) is 9.59. The third-order valence-electron chi connectivity index (χ3n) is 5.23. The van der Waals surface area contributed by atoms with Gasteiger partial charge < -0.3 is 10.2 Å². The molecule has 27 heavy (non-hydrogen) atoms. The van der Waals surface area contributed by atoms with E-state index >= 15 is 0 Å². The van der Waals surface area contributed by atoms with E-state index in [-0.39, 0.29) is 5.82 Å². The van der Waals surface area contributed by atoms with Crippen LogP contribution in [-0.4, -0.2) is 35.6 Å². The second kappa shape index (κ2) is 8.31. The first-order valence-electron chi connectivity index (χ1n) is 9.63. The lowest BCUT2D eigenvalue weighted by molar-refractivity contribution is 0.474. The Morgan fingerprint density at radius 2 is 2.15 bits per heavy atom. The minimum atomic E-state index is -0.242. The maximum atomic E-state index is 13.5. The van der Waals surface area contributed by atoms with Crippen molar-refractivity contribution in [3.8, 4) is 0 Å². The van der Waals surface area contributed by atoms with Crippen LogP contribution in [-0.2, 0) is 6.42 Å². The number of hydrogen-bond acceptors (Lipinski definition) is 5. The van der Waals surface area contributed by atoms with Gasteiger partial charge in [0.25, 0.3) is 0 Å². The molecule has 142 valence electrons. The third-order valence-corrected chi connectivity index (χ3v) is 6.17. The number of aryl methyl sites for hydroxylation is 1. The average Bonchev–Trinajstić information content (AvgIpc) is 3.06. The normalized spacial score (nSPS) is 18.0. The molecule has 4 rings (SSSR count). The number of halogens is 1. The summed E-state index contributed by atoms with van der Waals surface area (Å²) in [6.07, 6.45) is 4.50. The first kappa shape index (κ1) is 18.3. The summed E-state index contributed by atoms with van der Waals surface area (Å²) < 4.78 is 13.5. The highest BCUT2D eigenvalue weighted by Crippen LogP contribution is 2.22. The van der Waals surface area contributed by atoms with Gasteiger partial charge in [-0.1, -0.05) is 6.07 Å². The molecule has 2 aromatic heterocycles. The van der Waals surface area contributed by atoms with Gasteiger partial charge in [0.05, 0.1) is 11.2 Å². The Hall–Kier alpha value is -2.05. The largest absolute Gasteiger partial charge is 0.341 e. The molecule has 0 unspecified atom stereocenters. The van der Waals surface area contributed by atoms with Crippen molar-refractivity contribution in [2.45, 2.75) is 38.6 Å². The summed E-state index contributed by atoms with van der Waals surface area (Å²) in [6.45, 7) is 4.88. The van der Waals surface area contributed by atoms with E-state index < -0.39 is 0 Å². The number of benzene rings is 1. The number of thiophene rings is 1. The Kier molecular flexibility index (Phi) is 5.64. The molecule has 1 saturated heterocycles. The van der Waals surface area contributed by atoms with E-state index in [9.17, 15) is 4.39 Å². The first-order valence-corrected chi connectivity index (χ1v) is 10.5. The zero-order chi connectivity index (χ0) is 18.6. The molecule has 1 atom stereocenters. The van der Waals surface area contributed by atoms with E-state index in [0.717, 1.165) is 61.4 Å². The van der Waals surface area contributed by atoms with Gasteiger partial charge in [-0.3, -0.25) is 0 Å². The molecule has 1 fully saturated rings. The lowest BCUT2D eigenvalue weighted by Crippen LogP contribution is -2.32. The van der Waals surface area contributed by atoms with Crippen molar-refractivity contribution < 1.29 is 4.39 Å². The summed E-state index contributed by atoms with van der Waals surface area (Å²) in [5.74, 6) is 0.527. The van der Waals surface area contributed by atoms with E-state index in [1.165, 1.54) is 23.4 Å². The van der Waals surface area contributed by atoms with Crippen LogP contribution in [0.3, 0.4) is 0 Å². The maximum absolute atomic E-state index is 13.5. The molecule has 0 bridgehead atoms. The topological polar surface area (TPSA) is 41.1 Å². The second-order valence-corrected chi connectivity index (χ2v) is 8.20. The molecule has 1 aliphatic rings. The van der Waals surface area contributed by atoms with Crippen LogP contribution in [0.25, 0.3) is 10.9 Å². The summed E-state index contributed by atoms with van der Waals surface area (Å²) in [5, 5.41) is 6.65. The second-order valence-electron chi connectivity index (χ2n) is 7.17. The molecule has 0 aliphatic carbocycles. The van der Waals surface area contributed by atoms with E-state index in [1.54, 1.807) is 6.07 Å². The van der Waals surface area contributed by atoms with Crippen LogP contribution >= 0.6 is 11.3 Å². The summed E-state index contributed by atoms with van der Waals surface area (Å²) >= 11 is 1.83. The SMILES string of the molecule is Cc1nc(N2CCC[C@@H](NCCc3cccs3)CC2)nc2ccc(F)cc12. The van der Waals surface area contributed by atoms with Crippen molar-refractivity contribution >= 4 is 28.2 Å². The molecule has 1 aliphatic heterocycles. The maximum Gasteiger partial charge on any atom is 0.226 e. The Bertz CT molecular complexity index is 897. The van der Waals surface area contributed by atoms with Crippen LogP contribution in [0.4, 0.5) is 10.3 Å². The molecule has 3 aromatic rings. The molecule has 1 N–H and O–H groups in total. The van der Waals surface area contributed by atoms with E-state index in [4.69, 9.17) is 4.98 Å². The third kappa shape index (κ3) is 4.45. The van der Waals surface area contributed by atoms with Crippen LogP contribution in [0.1, 0.15) is 29.8 Å². The summed E-state index contributed by atoms with van der Waals surface area (Å²) in [5.41, 5.74) is 1.65. The van der Waals surface area contributed by atoms with Crippen molar-refractivity contribution in [1.29, 1.82) is 0 Å². The minimum Gasteiger partial charge on any atom is -0.341 e. The van der Waals surface area contributed by atoms with Crippen LogP contribution in [0.15, 0.2) is 35.7 Å². The minimum absolute atomic E-state index is 0.242. The van der Waals surface area contributed by atoms with E-state index in [0.29, 0.717) is 6.04 Å². The fraction of sp³-hybridized carbons (Fsp3) is 0.429. The Labute approximate surface area is 163 Å². The number of anilines is 1. The predicted molar refractivity (Wildman–Crippen MR) is 110 cm³/mol. The molecule has 3 heterocycles. The fourth-order valence-corrected chi connectivity index (χ4v) is 4.44. The van der Waals surface area contributed by atoms with Crippen molar-refractivity contribution in [1.82, 2.24) is 15.3 Å². The van der Waals surface area contributed by atoms with E-state index in [1.807, 2.05) is 18.3 Å². The first-order chi connectivity index (χ1) is 13.2. The van der Waals surface area contributed by atoms with Gasteiger partial charge in [-0.15, -0.1) is 11.3 Å². The van der Waals surface area contributed by atoms with Gasteiger partial charge in [-0.05, 0) is 62.3 Å². The molecular formula is C21H25FN4S. The smallest absolute Gasteiger partial charge is 0.226 e. The van der Waals surface area contributed by atoms with Gasteiger partial charge in [0.2, 0.25) is 5.95 Å². The number of nitrogens with one attached hydrogen (secondary N) is 1. The molecule has 0 radical (unpaired) electrons. The summed E-state index contributed by atoms with van der Waals surface area (Å²) in [4.78, 5) is 13.1. The van der Waals surface area contributed by atoms with Gasteiger partial charge in [-0.25, -0.2) is 14.4 Å². The van der Waals surface area contributed by atoms with Crippen molar-refractivity contribution in [2.75, 3.05) is 24.5 Å². The number of rotatable bonds is 5. The number of hydrogen-bond donors (Lipinski definition) is 1. The Morgan fingerprint density at radius 3 is 3.00 bits per heavy atom. The lowest BCUT2D eigenvalue weighted by atomic mass is 10.1. The molecule has 0 spiro atoms. The quantitative estimate of drug-likeness (QED) is 0.711. The van der Waals surface area contributed by atoms with Gasteiger partial charge >= 0.3 is 0 Å². The number of aromatic nitrogens is 2. The van der Waals surface area contributed by atoms with Crippen molar-refractivity contribution in [3.63, 3.8) is 0 Å². The zero-order valence-electron chi connectivity index (χ0n) is 15.6. The van der Waals surface area contributed by atoms with E-state index in [2.05, 4.69) is 32.7 Å². The Balaban J connectivity index is 1.39. The molecule has 4 nitrogen and oxygen atoms in total. The van der Waals surface area contributed by atoms with Gasteiger partial charge in [0.1, 0.15) is 5.82 Å². The van der Waals surface area contributed by atoms with Gasteiger partial charge in [0.15, 0.2) is 0 Å². The standard InChI is InChI=1S/C21H25FN4S/c1-15-19-14-16(22)6-7-20(19)25-21(24-15)26-11-2-4-17(9-12-26)23-10-8-18-5-3-13-27-18/h3,5-7,13-14,17,23H,2,4,8-12H2,1H3/t17-/m1/s1. The lowest BCUT2D eigenvalue weighted by Gasteiger charge is -2.21. The molecule has 1 aromatic carbocycles. The van der Waals surface area contributed by atoms with Gasteiger partial charge in [-0.2, -0.15) is 0 Å². The molecule has 0 amide bonds. The monoisotopic (exact) mass is 384 g/mol. The number of fused-ring (bicyclic) bond motifs is 1. The zero-order valence-corrected chi connectivity index (χ0v) is 16.4. The van der Waals surface area contributed by atoms with Crippen LogP contribution in [0.5, 0.6) is 0 Å². The molecular weight excluding hydrogens is 359 g/mol. The number of nitrogens with zero attached hydrogens (tertiary/aromatic N) is 3. The highest BCUT2D eigenvalue weighted by molar-refractivity contribution is 7.09. The average molecular weight is 385 g/mol. The van der Waals surface area contributed by atoms with Crippen LogP contribution < -0.4 is 10.2 Å². The molecule has 6 heteroatoms. The van der Waals surface area contributed by atoms with Gasteiger partial charge in [0, 0.05) is 35.9 Å². The highest BCUT2D eigenvalue weighted by Gasteiger charge is 2.19. The van der Waals surface area contributed by atoms with Crippen molar-refractivity contribution in [3.05, 3.63) is 52.1 Å². The predicted octanol–water partition coefficient (Wildman–Crippen LogP) is 4.33. The fourth-order valence-electron chi connectivity index (χ4n) is 3.73. The van der Waals surface area contributed by atoms with Crippen LogP contribution in [0, 0.1) is 12.7 Å². The van der Waals surface area contributed by atoms with Crippen LogP contribution in [0.2, 0.25) is 0 Å². The van der Waals surface area contributed by atoms with Crippen molar-refractivity contribution in [2.24, 2.45) is 0 Å². The Morgan fingerprint density at radius 1 is 1.22 bits per heavy atom. The highest BCUT2D eigenvalue weighted by atomic mass is 32.1. The molecule has 0 saturated carbocycles.